The molecule has 0 spiro atoms. The summed E-state index contributed by atoms with van der Waals surface area (Å²) in [6.45, 7) is 2.81. The third-order valence-corrected chi connectivity index (χ3v) is 3.46. The summed E-state index contributed by atoms with van der Waals surface area (Å²) in [6, 6.07) is 4.44. The minimum atomic E-state index is -0.498. The van der Waals surface area contributed by atoms with E-state index in [-0.39, 0.29) is 11.7 Å². The van der Waals surface area contributed by atoms with Gasteiger partial charge in [-0.2, -0.15) is 0 Å². The van der Waals surface area contributed by atoms with Crippen molar-refractivity contribution in [2.75, 3.05) is 37.7 Å². The molecule has 1 aliphatic rings. The first-order valence-corrected chi connectivity index (χ1v) is 6.47. The Kier molecular flexibility index (Phi) is 4.34. The van der Waals surface area contributed by atoms with Gasteiger partial charge in [-0.05, 0) is 25.1 Å². The molecule has 108 valence electrons. The number of Topliss-reactive ketones (excluding diaryl/α,β-unsaturated/α-hetero) is 1. The lowest BCUT2D eigenvalue weighted by Gasteiger charge is -2.36. The minimum absolute atomic E-state index is 0.172. The molecule has 0 aliphatic carbocycles. The standard InChI is InChI=1S/C14H17FN2O3/c1-10(19)11-2-3-13(12(15)8-11)16-4-6-17(7-5-16)14(20)9-18/h2-3,8,18H,4-7,9H2,1H3. The van der Waals surface area contributed by atoms with E-state index in [0.29, 0.717) is 37.4 Å². The molecule has 1 aromatic rings. The number of aliphatic hydroxyl groups is 1. The van der Waals surface area contributed by atoms with Gasteiger partial charge in [-0.1, -0.05) is 0 Å². The van der Waals surface area contributed by atoms with Gasteiger partial charge in [-0.25, -0.2) is 4.39 Å². The highest BCUT2D eigenvalue weighted by Crippen LogP contribution is 2.22. The molecule has 1 aliphatic heterocycles. The third-order valence-electron chi connectivity index (χ3n) is 3.46. The Bertz CT molecular complexity index is 525. The van der Waals surface area contributed by atoms with Crippen molar-refractivity contribution in [2.24, 2.45) is 0 Å². The number of halogens is 1. The number of carbonyl (C=O) groups is 2. The van der Waals surface area contributed by atoms with Gasteiger partial charge in [-0.3, -0.25) is 9.59 Å². The van der Waals surface area contributed by atoms with Gasteiger partial charge < -0.3 is 14.9 Å². The van der Waals surface area contributed by atoms with E-state index >= 15 is 0 Å². The molecule has 2 rings (SSSR count). The topological polar surface area (TPSA) is 60.9 Å². The maximum atomic E-state index is 14.0. The summed E-state index contributed by atoms with van der Waals surface area (Å²) in [5.41, 5.74) is 0.784. The lowest BCUT2D eigenvalue weighted by molar-refractivity contribution is -0.134. The first kappa shape index (κ1) is 14.5. The molecule has 1 saturated heterocycles. The SMILES string of the molecule is CC(=O)c1ccc(N2CCN(C(=O)CO)CC2)c(F)c1. The number of anilines is 1. The second-order valence-corrected chi connectivity index (χ2v) is 4.75. The molecule has 0 atom stereocenters. The van der Waals surface area contributed by atoms with E-state index in [4.69, 9.17) is 5.11 Å². The largest absolute Gasteiger partial charge is 0.387 e. The van der Waals surface area contributed by atoms with E-state index < -0.39 is 12.4 Å². The minimum Gasteiger partial charge on any atom is -0.387 e. The fourth-order valence-electron chi connectivity index (χ4n) is 2.28. The van der Waals surface area contributed by atoms with Crippen molar-refractivity contribution in [3.8, 4) is 0 Å². The van der Waals surface area contributed by atoms with E-state index in [0.717, 1.165) is 0 Å². The van der Waals surface area contributed by atoms with Crippen molar-refractivity contribution in [1.29, 1.82) is 0 Å². The van der Waals surface area contributed by atoms with Crippen LogP contribution in [0.5, 0.6) is 0 Å². The monoisotopic (exact) mass is 280 g/mol. The van der Waals surface area contributed by atoms with Crippen molar-refractivity contribution in [2.45, 2.75) is 6.92 Å². The quantitative estimate of drug-likeness (QED) is 0.827. The molecule has 20 heavy (non-hydrogen) atoms. The fourth-order valence-corrected chi connectivity index (χ4v) is 2.28. The van der Waals surface area contributed by atoms with E-state index in [9.17, 15) is 14.0 Å². The maximum absolute atomic E-state index is 14.0. The molecule has 1 fully saturated rings. The van der Waals surface area contributed by atoms with Crippen molar-refractivity contribution < 1.29 is 19.1 Å². The van der Waals surface area contributed by atoms with Gasteiger partial charge in [0.15, 0.2) is 5.78 Å². The molecule has 0 saturated carbocycles. The number of hydrogen-bond acceptors (Lipinski definition) is 4. The molecule has 1 aromatic carbocycles. The number of rotatable bonds is 3. The number of carbonyl (C=O) groups excluding carboxylic acids is 2. The molecular weight excluding hydrogens is 263 g/mol. The van der Waals surface area contributed by atoms with Crippen LogP contribution in [-0.4, -0.2) is 54.5 Å². The Hall–Kier alpha value is -1.95. The predicted molar refractivity (Wildman–Crippen MR) is 72.3 cm³/mol. The highest BCUT2D eigenvalue weighted by Gasteiger charge is 2.22. The normalized spacial score (nSPS) is 15.3. The van der Waals surface area contributed by atoms with Gasteiger partial charge in [0.1, 0.15) is 12.4 Å². The summed E-state index contributed by atoms with van der Waals surface area (Å²) in [5, 5.41) is 8.80. The average molecular weight is 280 g/mol. The number of ketones is 1. The summed E-state index contributed by atoms with van der Waals surface area (Å²) >= 11 is 0. The average Bonchev–Trinajstić information content (AvgIpc) is 2.46. The summed E-state index contributed by atoms with van der Waals surface area (Å²) in [5.74, 6) is -0.912. The van der Waals surface area contributed by atoms with Crippen LogP contribution in [0.2, 0.25) is 0 Å². The van der Waals surface area contributed by atoms with Crippen molar-refractivity contribution in [3.05, 3.63) is 29.6 Å². The molecule has 1 heterocycles. The summed E-state index contributed by atoms with van der Waals surface area (Å²) in [7, 11) is 0. The Morgan fingerprint density at radius 3 is 2.40 bits per heavy atom. The van der Waals surface area contributed by atoms with E-state index in [1.165, 1.54) is 13.0 Å². The van der Waals surface area contributed by atoms with Gasteiger partial charge in [0.2, 0.25) is 5.91 Å². The number of aliphatic hydroxyl groups excluding tert-OH is 1. The number of hydrogen-bond donors (Lipinski definition) is 1. The maximum Gasteiger partial charge on any atom is 0.248 e. The van der Waals surface area contributed by atoms with Crippen LogP contribution in [0.3, 0.4) is 0 Å². The molecule has 1 amide bonds. The molecule has 0 bridgehead atoms. The lowest BCUT2D eigenvalue weighted by Crippen LogP contribution is -2.49. The van der Waals surface area contributed by atoms with Gasteiger partial charge >= 0.3 is 0 Å². The molecule has 0 aromatic heterocycles. The summed E-state index contributed by atoms with van der Waals surface area (Å²) < 4.78 is 14.0. The third kappa shape index (κ3) is 2.96. The van der Waals surface area contributed by atoms with Crippen LogP contribution < -0.4 is 4.90 Å². The van der Waals surface area contributed by atoms with E-state index in [1.54, 1.807) is 17.0 Å². The summed E-state index contributed by atoms with van der Waals surface area (Å²) in [6.07, 6.45) is 0. The van der Waals surface area contributed by atoms with Crippen LogP contribution in [0.1, 0.15) is 17.3 Å². The molecular formula is C14H17FN2O3. The van der Waals surface area contributed by atoms with Crippen LogP contribution >= 0.6 is 0 Å². The number of nitrogens with zero attached hydrogens (tertiary/aromatic N) is 2. The molecule has 1 N–H and O–H groups in total. The van der Waals surface area contributed by atoms with Crippen LogP contribution in [0.4, 0.5) is 10.1 Å². The number of amides is 1. The number of piperazine rings is 1. The van der Waals surface area contributed by atoms with Crippen LogP contribution in [0, 0.1) is 5.82 Å². The Morgan fingerprint density at radius 1 is 1.25 bits per heavy atom. The second kappa shape index (κ2) is 6.00. The van der Waals surface area contributed by atoms with Crippen molar-refractivity contribution >= 4 is 17.4 Å². The summed E-state index contributed by atoms with van der Waals surface area (Å²) in [4.78, 5) is 25.9. The van der Waals surface area contributed by atoms with Crippen molar-refractivity contribution in [1.82, 2.24) is 4.90 Å². The Labute approximate surface area is 116 Å². The van der Waals surface area contributed by atoms with Crippen LogP contribution in [0.25, 0.3) is 0 Å². The molecule has 0 radical (unpaired) electrons. The smallest absolute Gasteiger partial charge is 0.248 e. The van der Waals surface area contributed by atoms with E-state index in [1.807, 2.05) is 4.90 Å². The van der Waals surface area contributed by atoms with Gasteiger partial charge in [0.05, 0.1) is 5.69 Å². The highest BCUT2D eigenvalue weighted by atomic mass is 19.1. The van der Waals surface area contributed by atoms with Gasteiger partial charge in [0, 0.05) is 31.7 Å². The van der Waals surface area contributed by atoms with E-state index in [2.05, 4.69) is 0 Å². The first-order valence-electron chi connectivity index (χ1n) is 6.47. The van der Waals surface area contributed by atoms with Gasteiger partial charge in [-0.15, -0.1) is 0 Å². The van der Waals surface area contributed by atoms with Crippen molar-refractivity contribution in [3.63, 3.8) is 0 Å². The molecule has 5 nitrogen and oxygen atoms in total. The first-order chi connectivity index (χ1) is 9.52. The highest BCUT2D eigenvalue weighted by molar-refractivity contribution is 5.94. The molecule has 0 unspecified atom stereocenters. The zero-order valence-electron chi connectivity index (χ0n) is 11.3. The zero-order valence-corrected chi connectivity index (χ0v) is 11.3. The number of benzene rings is 1. The van der Waals surface area contributed by atoms with Crippen LogP contribution in [0.15, 0.2) is 18.2 Å². The fraction of sp³-hybridized carbons (Fsp3) is 0.429. The molecule has 6 heteroatoms. The predicted octanol–water partition coefficient (Wildman–Crippen LogP) is 0.669. The second-order valence-electron chi connectivity index (χ2n) is 4.75. The van der Waals surface area contributed by atoms with Gasteiger partial charge in [0.25, 0.3) is 0 Å². The Balaban J connectivity index is 2.07. The lowest BCUT2D eigenvalue weighted by atomic mass is 10.1. The zero-order chi connectivity index (χ0) is 14.7. The van der Waals surface area contributed by atoms with Crippen LogP contribution in [-0.2, 0) is 4.79 Å². The Morgan fingerprint density at radius 2 is 1.90 bits per heavy atom.